The van der Waals surface area contributed by atoms with Crippen LogP contribution in [0.4, 0.5) is 5.69 Å². The van der Waals surface area contributed by atoms with E-state index < -0.39 is 0 Å². The van der Waals surface area contributed by atoms with Gasteiger partial charge in [0.1, 0.15) is 0 Å². The van der Waals surface area contributed by atoms with Gasteiger partial charge in [-0.2, -0.15) is 0 Å². The quantitative estimate of drug-likeness (QED) is 0.852. The fourth-order valence-corrected chi connectivity index (χ4v) is 2.06. The Kier molecular flexibility index (Phi) is 7.22. The fraction of sp³-hybridized carbons (Fsp3) is 0.571. The Bertz CT molecular complexity index is 322. The molecule has 1 atom stereocenters. The summed E-state index contributed by atoms with van der Waals surface area (Å²) in [6, 6.07) is 6.56. The number of hydrogen-bond acceptors (Lipinski definition) is 1. The molecule has 1 aromatic carbocycles. The largest absolute Gasteiger partial charge is 0.147 e. The first-order valence-corrected chi connectivity index (χ1v) is 6.54. The molecule has 0 fully saturated rings. The second-order valence-corrected chi connectivity index (χ2v) is 5.74. The standard InChI is InChI=1S/C14H22N.ClH.Co/c1-6-15-14-12(10(2)3)8-7-9-13(14)11(4)5;;/h6-11,15H,1-5H3;1H;. The topological polar surface area (TPSA) is 12.0 Å². The predicted molar refractivity (Wildman–Crippen MR) is 75.0 cm³/mol. The summed E-state index contributed by atoms with van der Waals surface area (Å²) in [5.41, 5.74) is 4.03. The van der Waals surface area contributed by atoms with E-state index in [0.29, 0.717) is 11.8 Å². The molecule has 0 saturated carbocycles. The SMILES string of the molecule is C[CH]([Co])Nc1c(C(C)C)cccc1C(C)C.Cl. The fourth-order valence-electron chi connectivity index (χ4n) is 1.91. The molecular weight excluding hydrogens is 277 g/mol. The Labute approximate surface area is 120 Å². The van der Waals surface area contributed by atoms with Crippen molar-refractivity contribution in [2.75, 3.05) is 5.32 Å². The van der Waals surface area contributed by atoms with Crippen LogP contribution in [0.25, 0.3) is 0 Å². The van der Waals surface area contributed by atoms with E-state index in [9.17, 15) is 0 Å². The molecule has 1 N–H and O–H groups in total. The summed E-state index contributed by atoms with van der Waals surface area (Å²) < 4.78 is 0. The molecule has 3 heteroatoms. The molecule has 0 spiro atoms. The molecule has 100 valence electrons. The van der Waals surface area contributed by atoms with Crippen LogP contribution in [0, 0.1) is 0 Å². The first-order valence-electron chi connectivity index (χ1n) is 5.94. The van der Waals surface area contributed by atoms with Crippen molar-refractivity contribution < 1.29 is 15.7 Å². The molecule has 0 aliphatic carbocycles. The van der Waals surface area contributed by atoms with E-state index in [1.165, 1.54) is 16.8 Å². The second-order valence-electron chi connectivity index (χ2n) is 4.84. The van der Waals surface area contributed by atoms with Gasteiger partial charge in [0.05, 0.1) is 0 Å². The van der Waals surface area contributed by atoms with Crippen LogP contribution in [0.1, 0.15) is 57.6 Å². The minimum atomic E-state index is 0. The molecule has 0 radical (unpaired) electrons. The van der Waals surface area contributed by atoms with Gasteiger partial charge in [0.25, 0.3) is 0 Å². The van der Waals surface area contributed by atoms with E-state index in [1.807, 2.05) is 0 Å². The summed E-state index contributed by atoms with van der Waals surface area (Å²) in [7, 11) is 0. The van der Waals surface area contributed by atoms with Crippen LogP contribution in [-0.2, 0) is 15.7 Å². The van der Waals surface area contributed by atoms with Gasteiger partial charge in [-0.3, -0.25) is 0 Å². The number of benzene rings is 1. The molecule has 17 heavy (non-hydrogen) atoms. The summed E-state index contributed by atoms with van der Waals surface area (Å²) in [6.45, 7) is 11.0. The molecule has 0 aromatic heterocycles. The zero-order chi connectivity index (χ0) is 12.3. The first kappa shape index (κ1) is 16.8. The monoisotopic (exact) mass is 299 g/mol. The van der Waals surface area contributed by atoms with Crippen LogP contribution in [0.2, 0.25) is 0 Å². The third-order valence-corrected chi connectivity index (χ3v) is 2.86. The average Bonchev–Trinajstić information content (AvgIpc) is 2.16. The Morgan fingerprint density at radius 1 is 0.941 bits per heavy atom. The molecule has 1 rings (SSSR count). The van der Waals surface area contributed by atoms with Gasteiger partial charge in [-0.1, -0.05) is 0 Å². The van der Waals surface area contributed by atoms with Crippen LogP contribution in [0.3, 0.4) is 0 Å². The third-order valence-electron chi connectivity index (χ3n) is 2.71. The Hall–Kier alpha value is -0.184. The van der Waals surface area contributed by atoms with Gasteiger partial charge in [0, 0.05) is 0 Å². The van der Waals surface area contributed by atoms with E-state index in [-0.39, 0.29) is 17.4 Å². The maximum Gasteiger partial charge on any atom is -0.147 e. The number of anilines is 1. The van der Waals surface area contributed by atoms with Crippen molar-refractivity contribution in [1.82, 2.24) is 0 Å². The molecule has 0 amide bonds. The van der Waals surface area contributed by atoms with Crippen LogP contribution in [0.15, 0.2) is 18.2 Å². The van der Waals surface area contributed by atoms with Crippen molar-refractivity contribution >= 4 is 18.1 Å². The number of hydrogen-bond donors (Lipinski definition) is 1. The van der Waals surface area contributed by atoms with Crippen LogP contribution in [-0.4, -0.2) is 4.98 Å². The minimum Gasteiger partial charge on any atom is -0.147 e. The predicted octanol–water partition coefficient (Wildman–Crippen LogP) is 4.66. The van der Waals surface area contributed by atoms with E-state index in [4.69, 9.17) is 0 Å². The number of para-hydroxylation sites is 1. The smallest absolute Gasteiger partial charge is 0.147 e. The molecule has 0 saturated heterocycles. The van der Waals surface area contributed by atoms with E-state index in [0.717, 1.165) is 0 Å². The van der Waals surface area contributed by atoms with Crippen LogP contribution < -0.4 is 5.32 Å². The summed E-state index contributed by atoms with van der Waals surface area (Å²) in [4.78, 5) is 0.171. The second kappa shape index (κ2) is 7.30. The molecule has 0 heterocycles. The Morgan fingerprint density at radius 2 is 1.35 bits per heavy atom. The number of halogens is 1. The minimum absolute atomic E-state index is 0. The molecule has 1 aromatic rings. The van der Waals surface area contributed by atoms with Gasteiger partial charge >= 0.3 is 107 Å². The van der Waals surface area contributed by atoms with Gasteiger partial charge in [0.2, 0.25) is 0 Å². The van der Waals surface area contributed by atoms with Crippen molar-refractivity contribution in [3.05, 3.63) is 29.3 Å². The van der Waals surface area contributed by atoms with Crippen molar-refractivity contribution in [3.8, 4) is 0 Å². The number of nitrogens with one attached hydrogen (secondary N) is 1. The summed E-state index contributed by atoms with van der Waals surface area (Å²) >= 11 is 4.48. The molecule has 1 nitrogen and oxygen atoms in total. The zero-order valence-electron chi connectivity index (χ0n) is 11.2. The van der Waals surface area contributed by atoms with Gasteiger partial charge < -0.3 is 0 Å². The molecule has 1 unspecified atom stereocenters. The summed E-state index contributed by atoms with van der Waals surface area (Å²) in [5.74, 6) is 1.07. The summed E-state index contributed by atoms with van der Waals surface area (Å²) in [6.07, 6.45) is 0. The Balaban J connectivity index is 0.00000256. The third kappa shape index (κ3) is 4.53. The summed E-state index contributed by atoms with van der Waals surface area (Å²) in [5, 5.41) is 3.47. The van der Waals surface area contributed by atoms with E-state index in [2.05, 4.69) is 73.9 Å². The Morgan fingerprint density at radius 3 is 1.65 bits per heavy atom. The molecule has 0 aliphatic rings. The molecule has 0 aliphatic heterocycles. The molecular formula is C14H23ClCoN. The van der Waals surface area contributed by atoms with E-state index in [1.54, 1.807) is 0 Å². The molecule has 0 bridgehead atoms. The maximum atomic E-state index is 4.48. The normalized spacial score (nSPS) is 12.5. The van der Waals surface area contributed by atoms with Crippen molar-refractivity contribution in [2.45, 2.75) is 51.4 Å². The van der Waals surface area contributed by atoms with Crippen LogP contribution >= 0.6 is 12.4 Å². The van der Waals surface area contributed by atoms with Crippen molar-refractivity contribution in [3.63, 3.8) is 0 Å². The van der Waals surface area contributed by atoms with Crippen molar-refractivity contribution in [1.29, 1.82) is 0 Å². The van der Waals surface area contributed by atoms with E-state index >= 15 is 0 Å². The average molecular weight is 300 g/mol. The van der Waals surface area contributed by atoms with Gasteiger partial charge in [-0.25, -0.2) is 0 Å². The first-order chi connectivity index (χ1) is 7.43. The number of rotatable bonds is 4. The van der Waals surface area contributed by atoms with Crippen LogP contribution in [0.5, 0.6) is 0 Å². The van der Waals surface area contributed by atoms with Crippen molar-refractivity contribution in [2.24, 2.45) is 0 Å². The van der Waals surface area contributed by atoms with Gasteiger partial charge in [-0.05, 0) is 0 Å². The van der Waals surface area contributed by atoms with Gasteiger partial charge in [0.15, 0.2) is 0 Å². The zero-order valence-corrected chi connectivity index (χ0v) is 13.1. The maximum absolute atomic E-state index is 4.48. The van der Waals surface area contributed by atoms with Gasteiger partial charge in [-0.15, -0.1) is 12.4 Å².